The predicted octanol–water partition coefficient (Wildman–Crippen LogP) is 9.18. The highest BCUT2D eigenvalue weighted by Gasteiger charge is 2.41. The molecule has 3 saturated heterocycles. The number of phenolic OH excluding ortho intramolecular Hbond substituents is 1. The van der Waals surface area contributed by atoms with Gasteiger partial charge in [0.05, 0.1) is 35.9 Å². The number of fused-ring (bicyclic) bond motifs is 4. The van der Waals surface area contributed by atoms with Crippen molar-refractivity contribution in [3.8, 4) is 51.2 Å². The molecule has 3 aliphatic rings. The molecule has 0 saturated carbocycles. The molecule has 3 fully saturated rings. The molecule has 2 amide bonds. The lowest BCUT2D eigenvalue weighted by Gasteiger charge is -2.30. The number of likely N-dealkylation sites (tertiary alicyclic amines) is 1. The van der Waals surface area contributed by atoms with E-state index in [1.807, 2.05) is 52.0 Å². The summed E-state index contributed by atoms with van der Waals surface area (Å²) in [4.78, 5) is 47.2. The molecule has 5 unspecified atom stereocenters. The summed E-state index contributed by atoms with van der Waals surface area (Å²) in [5.74, 6) is -4.06. The Hall–Kier alpha value is -8.27. The maximum Gasteiger partial charge on any atom is 0.319 e. The van der Waals surface area contributed by atoms with Crippen molar-refractivity contribution in [2.45, 2.75) is 96.3 Å². The number of aliphatic hydroxyl groups is 1. The quantitative estimate of drug-likeness (QED) is 0.0441. The van der Waals surface area contributed by atoms with Crippen molar-refractivity contribution in [3.63, 3.8) is 0 Å². The number of phenols is 1. The van der Waals surface area contributed by atoms with Gasteiger partial charge in [-0.2, -0.15) is 9.97 Å². The maximum absolute atomic E-state index is 15.7. The number of aliphatic hydroxyl groups excluding tert-OH is 1. The topological polar surface area (TPSA) is 202 Å². The number of halogens is 4. The fourth-order valence-corrected chi connectivity index (χ4v) is 11.6. The van der Waals surface area contributed by atoms with Crippen LogP contribution in [0, 0.1) is 29.2 Å². The molecule has 11 rings (SSSR count). The molecule has 0 radical (unpaired) electrons. The number of benzene rings is 5. The first-order valence-electron chi connectivity index (χ1n) is 27.5. The minimum Gasteiger partial charge on any atom is -0.508 e. The summed E-state index contributed by atoms with van der Waals surface area (Å²) in [6.45, 7) is 9.03. The number of carbonyl (C=O) groups is 2. The van der Waals surface area contributed by atoms with Gasteiger partial charge in [-0.1, -0.05) is 80.6 Å². The van der Waals surface area contributed by atoms with E-state index in [9.17, 15) is 33.0 Å². The first-order chi connectivity index (χ1) is 39.6. The molecule has 0 spiro atoms. The molecular formula is C61H62F4N10O7. The number of ether oxygens (including phenoxy) is 3. The number of rotatable bonds is 19. The van der Waals surface area contributed by atoms with Crippen LogP contribution in [0.15, 0.2) is 97.3 Å². The third-order valence-corrected chi connectivity index (χ3v) is 15.9. The van der Waals surface area contributed by atoms with Crippen LogP contribution < -0.4 is 25.0 Å². The van der Waals surface area contributed by atoms with Crippen LogP contribution in [-0.2, 0) is 27.4 Å². The minimum absolute atomic E-state index is 0.0277. The molecule has 82 heavy (non-hydrogen) atoms. The van der Waals surface area contributed by atoms with Gasteiger partial charge >= 0.3 is 6.01 Å². The Morgan fingerprint density at radius 1 is 0.915 bits per heavy atom. The number of pyridine rings is 1. The van der Waals surface area contributed by atoms with E-state index in [4.69, 9.17) is 29.2 Å². The van der Waals surface area contributed by atoms with Crippen molar-refractivity contribution in [2.75, 3.05) is 44.9 Å². The van der Waals surface area contributed by atoms with Gasteiger partial charge in [0.15, 0.2) is 17.4 Å². The number of nitrogens with zero attached hydrogens (tertiary/aromatic N) is 8. The van der Waals surface area contributed by atoms with Crippen molar-refractivity contribution >= 4 is 39.3 Å². The fourth-order valence-electron chi connectivity index (χ4n) is 11.6. The number of aryl methyl sites for hydroxylation is 1. The Balaban J connectivity index is 0.848. The van der Waals surface area contributed by atoms with Crippen molar-refractivity contribution in [2.24, 2.45) is 5.92 Å². The Bertz CT molecular complexity index is 3700. The molecule has 6 heterocycles. The SMILES string of the molecule is CCc1c(F)ccc2cc(O)cc(-c3ncc4c(N5CC6CC5CN6)nc(OC[C@H](C)OC)nc4c3OCc3ccc(-c4cn(C(C(=O)N5CCCC5C(=O)NC(CO)c5ccc(-c6c(F)ccc(F)c6F)cc5)C(C)C)nn4)cc3)c12. The molecule has 17 nitrogen and oxygen atoms in total. The van der Waals surface area contributed by atoms with Crippen molar-refractivity contribution < 1.29 is 51.6 Å². The zero-order chi connectivity index (χ0) is 57.5. The Morgan fingerprint density at radius 2 is 1.67 bits per heavy atom. The smallest absolute Gasteiger partial charge is 0.319 e. The second-order valence-corrected chi connectivity index (χ2v) is 21.5. The summed E-state index contributed by atoms with van der Waals surface area (Å²) < 4.78 is 78.8. The lowest BCUT2D eigenvalue weighted by molar-refractivity contribution is -0.142. The van der Waals surface area contributed by atoms with Gasteiger partial charge in [-0.25, -0.2) is 22.2 Å². The van der Waals surface area contributed by atoms with Crippen LogP contribution in [0.3, 0.4) is 0 Å². The maximum atomic E-state index is 15.7. The van der Waals surface area contributed by atoms with Crippen LogP contribution in [0.1, 0.15) is 75.7 Å². The molecule has 8 aromatic rings. The summed E-state index contributed by atoms with van der Waals surface area (Å²) in [6, 6.07) is 19.0. The summed E-state index contributed by atoms with van der Waals surface area (Å²) in [5.41, 5.74) is 3.59. The predicted molar refractivity (Wildman–Crippen MR) is 299 cm³/mol. The Kier molecular flexibility index (Phi) is 15.8. The molecule has 21 heteroatoms. The Labute approximate surface area is 470 Å². The van der Waals surface area contributed by atoms with Gasteiger partial charge < -0.3 is 44.9 Å². The average Bonchev–Trinajstić information content (AvgIpc) is 3.39. The van der Waals surface area contributed by atoms with E-state index in [1.54, 1.807) is 37.7 Å². The van der Waals surface area contributed by atoms with E-state index in [1.165, 1.54) is 39.9 Å². The van der Waals surface area contributed by atoms with Crippen LogP contribution in [0.2, 0.25) is 0 Å². The van der Waals surface area contributed by atoms with Crippen LogP contribution in [0.5, 0.6) is 17.5 Å². The molecule has 0 aliphatic carbocycles. The summed E-state index contributed by atoms with van der Waals surface area (Å²) in [5, 5.41) is 38.7. The first-order valence-corrected chi connectivity index (χ1v) is 27.5. The highest BCUT2D eigenvalue weighted by atomic mass is 19.2. The number of amides is 2. The normalized spacial score (nSPS) is 18.0. The first kappa shape index (κ1) is 55.6. The molecule has 6 atom stereocenters. The molecule has 5 aromatic carbocycles. The van der Waals surface area contributed by atoms with Gasteiger partial charge in [-0.15, -0.1) is 5.10 Å². The number of hydrogen-bond donors (Lipinski definition) is 4. The second kappa shape index (κ2) is 23.3. The number of methoxy groups -OCH3 is 1. The number of nitrogens with one attached hydrogen (secondary N) is 2. The third-order valence-electron chi connectivity index (χ3n) is 15.9. The number of aromatic nitrogens is 6. The zero-order valence-electron chi connectivity index (χ0n) is 45.9. The number of piperazine rings is 1. The Morgan fingerprint density at radius 3 is 2.38 bits per heavy atom. The third kappa shape index (κ3) is 10.7. The molecule has 2 bridgehead atoms. The van der Waals surface area contributed by atoms with Crippen molar-refractivity contribution in [1.29, 1.82) is 0 Å². The van der Waals surface area contributed by atoms with Crippen molar-refractivity contribution in [3.05, 3.63) is 137 Å². The van der Waals surface area contributed by atoms with E-state index in [0.717, 1.165) is 31.1 Å². The van der Waals surface area contributed by atoms with Crippen LogP contribution in [0.4, 0.5) is 23.4 Å². The molecule has 426 valence electrons. The fraction of sp³-hybridized carbons (Fsp3) is 0.361. The van der Waals surface area contributed by atoms with Gasteiger partial charge in [0.1, 0.15) is 65.4 Å². The summed E-state index contributed by atoms with van der Waals surface area (Å²) in [6.07, 6.45) is 5.39. The number of hydrogen-bond acceptors (Lipinski definition) is 14. The van der Waals surface area contributed by atoms with Gasteiger partial charge in [-0.05, 0) is 102 Å². The van der Waals surface area contributed by atoms with E-state index in [-0.39, 0.29) is 66.1 Å². The van der Waals surface area contributed by atoms with Crippen LogP contribution >= 0.6 is 0 Å². The average molecular weight is 1120 g/mol. The van der Waals surface area contributed by atoms with Gasteiger partial charge in [0.2, 0.25) is 11.8 Å². The van der Waals surface area contributed by atoms with Crippen LogP contribution in [0.25, 0.3) is 55.3 Å². The monoisotopic (exact) mass is 1120 g/mol. The number of aromatic hydroxyl groups is 1. The van der Waals surface area contributed by atoms with Gasteiger partial charge in [0.25, 0.3) is 0 Å². The number of anilines is 1. The lowest BCUT2D eigenvalue weighted by atomic mass is 9.94. The number of carbonyl (C=O) groups excluding carboxylic acids is 2. The lowest BCUT2D eigenvalue weighted by Crippen LogP contribution is -2.50. The van der Waals surface area contributed by atoms with E-state index >= 15 is 4.39 Å². The van der Waals surface area contributed by atoms with E-state index in [0.29, 0.717) is 99.1 Å². The summed E-state index contributed by atoms with van der Waals surface area (Å²) >= 11 is 0. The van der Waals surface area contributed by atoms with E-state index in [2.05, 4.69) is 25.8 Å². The van der Waals surface area contributed by atoms with Crippen LogP contribution in [-0.4, -0.2) is 121 Å². The molecule has 3 aromatic heterocycles. The minimum atomic E-state index is -1.33. The highest BCUT2D eigenvalue weighted by Crippen LogP contribution is 2.45. The molecule has 3 aliphatic heterocycles. The van der Waals surface area contributed by atoms with Gasteiger partial charge in [0, 0.05) is 56.2 Å². The van der Waals surface area contributed by atoms with E-state index < -0.39 is 53.7 Å². The highest BCUT2D eigenvalue weighted by molar-refractivity contribution is 6.04. The largest absolute Gasteiger partial charge is 0.508 e. The van der Waals surface area contributed by atoms with Gasteiger partial charge in [-0.3, -0.25) is 14.6 Å². The van der Waals surface area contributed by atoms with Crippen molar-refractivity contribution in [1.82, 2.24) is 45.5 Å². The zero-order valence-corrected chi connectivity index (χ0v) is 45.9. The second-order valence-electron chi connectivity index (χ2n) is 21.5. The molecular weight excluding hydrogens is 1060 g/mol. The summed E-state index contributed by atoms with van der Waals surface area (Å²) in [7, 11) is 1.60. The molecule has 4 N–H and O–H groups in total. The standard InChI is InChI=1S/C61H62F4N10O7/c1-6-42-45(62)18-17-38-22-41(77)24-43(51(38)42)54-57(55-44(26-67-54)58(74-27-39-23-40(74)25-66-39)70-61(69-55)82-30-33(4)80-5)81-31-34-9-11-35(12-10-34)48-28-75(72-71-48)56(32(2)3)60(79)73-21-7-8-50(73)59(78)68-49(29-76)36-13-15-37(16-14-36)52-46(63)19-20-47(64)53(52)65/h9-20,22,24,26,28,32-33,39-40,49-50,56,66,76-77H,6-8,21,23,25,27,29-31H2,1-5H3,(H,68,78)/t33-,39?,40?,49?,50?,56?/m0/s1.